The van der Waals surface area contributed by atoms with E-state index in [0.29, 0.717) is 28.1 Å². The van der Waals surface area contributed by atoms with Gasteiger partial charge in [-0.1, -0.05) is 20.8 Å². The molecule has 3 aromatic rings. The van der Waals surface area contributed by atoms with Gasteiger partial charge in [-0.3, -0.25) is 14.7 Å². The lowest BCUT2D eigenvalue weighted by Crippen LogP contribution is -2.26. The zero-order chi connectivity index (χ0) is 20.1. The molecule has 0 unspecified atom stereocenters. The van der Waals surface area contributed by atoms with Gasteiger partial charge in [0.15, 0.2) is 5.13 Å². The van der Waals surface area contributed by atoms with Gasteiger partial charge in [-0.15, -0.1) is 11.3 Å². The zero-order valence-corrected chi connectivity index (χ0v) is 17.3. The number of aromatic nitrogens is 5. The predicted octanol–water partition coefficient (Wildman–Crippen LogP) is 2.51. The molecule has 148 valence electrons. The topological polar surface area (TPSA) is 105 Å². The van der Waals surface area contributed by atoms with Crippen molar-refractivity contribution in [1.82, 2.24) is 24.6 Å². The van der Waals surface area contributed by atoms with Crippen LogP contribution in [0.2, 0.25) is 0 Å². The molecule has 3 heterocycles. The Morgan fingerprint density at radius 3 is 2.93 bits per heavy atom. The highest BCUT2D eigenvalue weighted by atomic mass is 32.1. The molecule has 0 aliphatic heterocycles. The minimum atomic E-state index is -0.304. The van der Waals surface area contributed by atoms with Crippen molar-refractivity contribution in [3.05, 3.63) is 38.5 Å². The molecular weight excluding hydrogens is 376 g/mol. The molecule has 1 atom stereocenters. The molecule has 0 aromatic carbocycles. The van der Waals surface area contributed by atoms with Crippen LogP contribution >= 0.6 is 11.3 Å². The molecule has 4 rings (SSSR count). The number of carbonyl (C=O) groups is 1. The molecule has 2 N–H and O–H groups in total. The van der Waals surface area contributed by atoms with Crippen molar-refractivity contribution in [1.29, 1.82) is 0 Å². The molecule has 1 amide bonds. The van der Waals surface area contributed by atoms with Gasteiger partial charge in [-0.05, 0) is 37.5 Å². The van der Waals surface area contributed by atoms with Crippen LogP contribution in [0.1, 0.15) is 49.0 Å². The number of nitrogens with one attached hydrogen (secondary N) is 2. The normalized spacial score (nSPS) is 16.9. The Bertz CT molecular complexity index is 1100. The Kier molecular flexibility index (Phi) is 4.57. The molecule has 0 bridgehead atoms. The van der Waals surface area contributed by atoms with Crippen molar-refractivity contribution in [3.63, 3.8) is 0 Å². The molecular formula is C19H24N6O2S. The molecule has 0 saturated carbocycles. The van der Waals surface area contributed by atoms with Crippen LogP contribution in [0.3, 0.4) is 0 Å². The van der Waals surface area contributed by atoms with Crippen molar-refractivity contribution < 1.29 is 4.79 Å². The van der Waals surface area contributed by atoms with Crippen molar-refractivity contribution >= 4 is 28.2 Å². The number of nitrogens with zero attached hydrogens (tertiary/aromatic N) is 4. The Hall–Kier alpha value is -2.55. The van der Waals surface area contributed by atoms with E-state index < -0.39 is 0 Å². The number of amides is 1. The zero-order valence-electron chi connectivity index (χ0n) is 16.5. The Morgan fingerprint density at radius 1 is 1.39 bits per heavy atom. The maximum absolute atomic E-state index is 12.6. The van der Waals surface area contributed by atoms with Gasteiger partial charge < -0.3 is 5.32 Å². The van der Waals surface area contributed by atoms with Gasteiger partial charge >= 0.3 is 0 Å². The van der Waals surface area contributed by atoms with Crippen molar-refractivity contribution in [2.45, 2.75) is 53.4 Å². The molecule has 9 heteroatoms. The van der Waals surface area contributed by atoms with E-state index >= 15 is 0 Å². The Balaban J connectivity index is 1.50. The molecule has 28 heavy (non-hydrogen) atoms. The van der Waals surface area contributed by atoms with Crippen molar-refractivity contribution in [2.75, 3.05) is 5.32 Å². The quantitative estimate of drug-likeness (QED) is 0.703. The first-order valence-corrected chi connectivity index (χ1v) is 10.2. The third kappa shape index (κ3) is 3.46. The second-order valence-electron chi connectivity index (χ2n) is 8.42. The summed E-state index contributed by atoms with van der Waals surface area (Å²) in [6.07, 6.45) is 4.43. The second-order valence-corrected chi connectivity index (χ2v) is 9.51. The van der Waals surface area contributed by atoms with Crippen LogP contribution in [0.5, 0.6) is 0 Å². The van der Waals surface area contributed by atoms with Crippen LogP contribution in [-0.2, 0) is 24.1 Å². The maximum Gasteiger partial charge on any atom is 0.277 e. The molecule has 0 spiro atoms. The monoisotopic (exact) mass is 400 g/mol. The third-order valence-electron chi connectivity index (χ3n) is 5.48. The number of H-pyrrole nitrogens is 1. The lowest BCUT2D eigenvalue weighted by atomic mass is 9.73. The van der Waals surface area contributed by atoms with Crippen LogP contribution in [-0.4, -0.2) is 30.5 Å². The lowest BCUT2D eigenvalue weighted by molar-refractivity contribution is -0.115. The average molecular weight is 401 g/mol. The fourth-order valence-electron chi connectivity index (χ4n) is 3.69. The van der Waals surface area contributed by atoms with Crippen molar-refractivity contribution in [3.8, 4) is 0 Å². The standard InChI is InChI=1S/C19H24N6O2S/c1-10-12(16(27)25-17(22-10)20-9-21-25)8-15(26)24-18-23-13-6-5-11(19(2,3)4)7-14(13)28-18/h9,11H,5-8H2,1-4H3,(H,20,21,22)(H,23,24,26)/t11-/m1/s1. The number of rotatable bonds is 3. The van der Waals surface area contributed by atoms with E-state index in [1.807, 2.05) is 0 Å². The number of hydrogen-bond acceptors (Lipinski definition) is 6. The summed E-state index contributed by atoms with van der Waals surface area (Å²) in [5, 5.41) is 6.19. The first-order valence-electron chi connectivity index (χ1n) is 9.42. The van der Waals surface area contributed by atoms with Crippen LogP contribution in [0.15, 0.2) is 11.1 Å². The number of aromatic amines is 1. The highest BCUT2D eigenvalue weighted by Crippen LogP contribution is 2.40. The van der Waals surface area contributed by atoms with E-state index in [1.54, 1.807) is 18.3 Å². The highest BCUT2D eigenvalue weighted by molar-refractivity contribution is 7.15. The largest absolute Gasteiger partial charge is 0.302 e. The fourth-order valence-corrected chi connectivity index (χ4v) is 4.79. The summed E-state index contributed by atoms with van der Waals surface area (Å²) in [7, 11) is 0. The Morgan fingerprint density at radius 2 is 2.18 bits per heavy atom. The van der Waals surface area contributed by atoms with Crippen LogP contribution < -0.4 is 10.9 Å². The summed E-state index contributed by atoms with van der Waals surface area (Å²) >= 11 is 1.55. The molecule has 1 aliphatic rings. The summed E-state index contributed by atoms with van der Waals surface area (Å²) in [6.45, 7) is 8.54. The van der Waals surface area contributed by atoms with Crippen LogP contribution in [0, 0.1) is 18.3 Å². The number of hydrogen-bond donors (Lipinski definition) is 2. The van der Waals surface area contributed by atoms with Gasteiger partial charge in [-0.25, -0.2) is 15.0 Å². The SMILES string of the molecule is Cc1nc2nc[nH]n2c(=O)c1CC(=O)Nc1nc2c(s1)C[C@H](C(C)(C)C)CC2. The van der Waals surface area contributed by atoms with Gasteiger partial charge in [0.2, 0.25) is 5.91 Å². The summed E-state index contributed by atoms with van der Waals surface area (Å²) < 4.78 is 1.24. The third-order valence-corrected chi connectivity index (χ3v) is 6.52. The molecule has 0 radical (unpaired) electrons. The molecule has 0 fully saturated rings. The Labute approximate surface area is 166 Å². The number of carbonyl (C=O) groups excluding carboxylic acids is 1. The summed E-state index contributed by atoms with van der Waals surface area (Å²) in [5.41, 5.74) is 1.93. The first-order chi connectivity index (χ1) is 13.2. The molecule has 8 nitrogen and oxygen atoms in total. The summed E-state index contributed by atoms with van der Waals surface area (Å²) in [6, 6.07) is 0. The van der Waals surface area contributed by atoms with Crippen LogP contribution in [0.25, 0.3) is 5.78 Å². The van der Waals surface area contributed by atoms with E-state index in [4.69, 9.17) is 0 Å². The molecule has 0 saturated heterocycles. The van der Waals surface area contributed by atoms with E-state index in [9.17, 15) is 9.59 Å². The lowest BCUT2D eigenvalue weighted by Gasteiger charge is -2.33. The van der Waals surface area contributed by atoms with Gasteiger partial charge in [0.1, 0.15) is 6.33 Å². The smallest absolute Gasteiger partial charge is 0.277 e. The number of thiazole rings is 1. The second kappa shape index (κ2) is 6.80. The number of anilines is 1. The molecule has 3 aromatic heterocycles. The van der Waals surface area contributed by atoms with Crippen molar-refractivity contribution in [2.24, 2.45) is 11.3 Å². The van der Waals surface area contributed by atoms with Crippen LogP contribution in [0.4, 0.5) is 5.13 Å². The number of fused-ring (bicyclic) bond motifs is 2. The number of aryl methyl sites for hydroxylation is 2. The summed E-state index contributed by atoms with van der Waals surface area (Å²) in [5.74, 6) is 0.659. The van der Waals surface area contributed by atoms with E-state index in [0.717, 1.165) is 25.0 Å². The minimum Gasteiger partial charge on any atom is -0.302 e. The van der Waals surface area contributed by atoms with Gasteiger partial charge in [0.05, 0.1) is 23.4 Å². The fraction of sp³-hybridized carbons (Fsp3) is 0.526. The first kappa shape index (κ1) is 18.8. The van der Waals surface area contributed by atoms with Gasteiger partial charge in [0.25, 0.3) is 11.3 Å². The van der Waals surface area contributed by atoms with Gasteiger partial charge in [0, 0.05) is 4.88 Å². The maximum atomic E-state index is 12.6. The van der Waals surface area contributed by atoms with E-state index in [1.165, 1.54) is 15.7 Å². The summed E-state index contributed by atoms with van der Waals surface area (Å²) in [4.78, 5) is 39.2. The highest BCUT2D eigenvalue weighted by Gasteiger charge is 2.31. The van der Waals surface area contributed by atoms with E-state index in [2.05, 4.69) is 46.1 Å². The molecule has 1 aliphatic carbocycles. The predicted molar refractivity (Wildman–Crippen MR) is 108 cm³/mol. The van der Waals surface area contributed by atoms with Gasteiger partial charge in [-0.2, -0.15) is 4.52 Å². The van der Waals surface area contributed by atoms with E-state index in [-0.39, 0.29) is 23.3 Å². The minimum absolute atomic E-state index is 0.0471. The average Bonchev–Trinajstić information content (AvgIpc) is 3.23.